The summed E-state index contributed by atoms with van der Waals surface area (Å²) in [5.41, 5.74) is 6.94. The highest BCUT2D eigenvalue weighted by Gasteiger charge is 2.32. The van der Waals surface area contributed by atoms with Gasteiger partial charge in [0.15, 0.2) is 0 Å². The SMILES string of the molecule is CCN(N[C@@H](Cc1c[nH]c2ccccc12)C(=O)O)C(Cc1ccccc1)C(=O)N(C)Cc1ccccc1OC. The number of amides is 1. The summed E-state index contributed by atoms with van der Waals surface area (Å²) in [5.74, 6) is -0.380. The van der Waals surface area contributed by atoms with Crippen LogP contribution < -0.4 is 10.2 Å². The van der Waals surface area contributed by atoms with Gasteiger partial charge in [-0.2, -0.15) is 0 Å². The summed E-state index contributed by atoms with van der Waals surface area (Å²) in [5, 5.41) is 12.9. The van der Waals surface area contributed by atoms with E-state index in [0.29, 0.717) is 25.3 Å². The maximum atomic E-state index is 13.9. The van der Waals surface area contributed by atoms with E-state index in [1.165, 1.54) is 0 Å². The number of benzene rings is 3. The molecule has 2 atom stereocenters. The Labute approximate surface area is 229 Å². The van der Waals surface area contributed by atoms with Gasteiger partial charge < -0.3 is 19.7 Å². The number of nitrogens with one attached hydrogen (secondary N) is 2. The van der Waals surface area contributed by atoms with Crippen LogP contribution in [0.15, 0.2) is 85.1 Å². The molecule has 0 aliphatic rings. The van der Waals surface area contributed by atoms with Gasteiger partial charge in [0.2, 0.25) is 5.91 Å². The standard InChI is InChI=1S/C31H36N4O4/c1-4-35(33-27(31(37)38)19-24-20-32-26-16-10-9-15-25(24)26)28(18-22-12-6-5-7-13-22)30(36)34(2)21-23-14-8-11-17-29(23)39-3/h5-17,20,27-28,32-33H,4,18-19,21H2,1-3H3,(H,37,38)/t27-,28?/m0/s1. The van der Waals surface area contributed by atoms with Crippen molar-refractivity contribution in [1.29, 1.82) is 0 Å². The Morgan fingerprint density at radius 3 is 2.36 bits per heavy atom. The van der Waals surface area contributed by atoms with Crippen LogP contribution in [0.4, 0.5) is 0 Å². The molecule has 4 rings (SSSR count). The van der Waals surface area contributed by atoms with E-state index in [1.54, 1.807) is 24.1 Å². The number of ether oxygens (including phenoxy) is 1. The predicted molar refractivity (Wildman–Crippen MR) is 152 cm³/mol. The molecule has 0 radical (unpaired) electrons. The molecule has 1 unspecified atom stereocenters. The number of para-hydroxylation sites is 2. The lowest BCUT2D eigenvalue weighted by Gasteiger charge is -2.35. The van der Waals surface area contributed by atoms with Crippen LogP contribution in [-0.2, 0) is 29.0 Å². The molecule has 8 nitrogen and oxygen atoms in total. The number of fused-ring (bicyclic) bond motifs is 1. The second-order valence-corrected chi connectivity index (χ2v) is 9.58. The van der Waals surface area contributed by atoms with E-state index in [0.717, 1.165) is 27.6 Å². The molecule has 0 bridgehead atoms. The first kappa shape index (κ1) is 27.9. The van der Waals surface area contributed by atoms with Crippen molar-refractivity contribution in [2.24, 2.45) is 0 Å². The van der Waals surface area contributed by atoms with Crippen molar-refractivity contribution in [2.45, 2.75) is 38.4 Å². The molecule has 1 aromatic heterocycles. The molecule has 204 valence electrons. The van der Waals surface area contributed by atoms with Gasteiger partial charge in [-0.15, -0.1) is 0 Å². The van der Waals surface area contributed by atoms with Gasteiger partial charge in [-0.3, -0.25) is 9.59 Å². The topological polar surface area (TPSA) is 97.9 Å². The largest absolute Gasteiger partial charge is 0.496 e. The van der Waals surface area contributed by atoms with Crippen LogP contribution in [0.25, 0.3) is 10.9 Å². The number of carboxylic acid groups (broad SMARTS) is 1. The van der Waals surface area contributed by atoms with Gasteiger partial charge >= 0.3 is 5.97 Å². The van der Waals surface area contributed by atoms with Gasteiger partial charge in [-0.25, -0.2) is 10.4 Å². The summed E-state index contributed by atoms with van der Waals surface area (Å²) in [6, 6.07) is 23.7. The van der Waals surface area contributed by atoms with Crippen LogP contribution in [0.5, 0.6) is 5.75 Å². The van der Waals surface area contributed by atoms with Crippen molar-refractivity contribution in [1.82, 2.24) is 20.3 Å². The first-order valence-corrected chi connectivity index (χ1v) is 13.1. The highest BCUT2D eigenvalue weighted by molar-refractivity contribution is 5.84. The Balaban J connectivity index is 1.59. The fourth-order valence-electron chi connectivity index (χ4n) is 4.90. The maximum absolute atomic E-state index is 13.9. The number of aromatic nitrogens is 1. The van der Waals surface area contributed by atoms with E-state index in [9.17, 15) is 14.7 Å². The van der Waals surface area contributed by atoms with Crippen molar-refractivity contribution in [2.75, 3.05) is 20.7 Å². The molecule has 0 aliphatic carbocycles. The number of hydrazine groups is 1. The summed E-state index contributed by atoms with van der Waals surface area (Å²) in [6.07, 6.45) is 2.54. The van der Waals surface area contributed by atoms with E-state index in [4.69, 9.17) is 4.74 Å². The number of carboxylic acids is 1. The van der Waals surface area contributed by atoms with Gasteiger partial charge in [0.25, 0.3) is 0 Å². The summed E-state index contributed by atoms with van der Waals surface area (Å²) in [7, 11) is 3.38. The van der Waals surface area contributed by atoms with Crippen molar-refractivity contribution in [3.8, 4) is 5.75 Å². The number of rotatable bonds is 13. The molecule has 0 spiro atoms. The van der Waals surface area contributed by atoms with Crippen LogP contribution >= 0.6 is 0 Å². The van der Waals surface area contributed by atoms with Crippen LogP contribution in [0.1, 0.15) is 23.6 Å². The minimum absolute atomic E-state index is 0.115. The number of carbonyl (C=O) groups is 2. The first-order valence-electron chi connectivity index (χ1n) is 13.1. The zero-order valence-electron chi connectivity index (χ0n) is 22.6. The average Bonchev–Trinajstić information content (AvgIpc) is 3.37. The molecule has 39 heavy (non-hydrogen) atoms. The van der Waals surface area contributed by atoms with Crippen LogP contribution in [-0.4, -0.2) is 64.7 Å². The first-order chi connectivity index (χ1) is 18.9. The van der Waals surface area contributed by atoms with Crippen molar-refractivity contribution < 1.29 is 19.4 Å². The van der Waals surface area contributed by atoms with Gasteiger partial charge in [0, 0.05) is 49.2 Å². The molecule has 4 aromatic rings. The lowest BCUT2D eigenvalue weighted by Crippen LogP contribution is -2.58. The monoisotopic (exact) mass is 528 g/mol. The molecule has 3 N–H and O–H groups in total. The van der Waals surface area contributed by atoms with Gasteiger partial charge in [-0.1, -0.05) is 73.7 Å². The molecule has 0 fully saturated rings. The average molecular weight is 529 g/mol. The minimum atomic E-state index is -0.980. The van der Waals surface area contributed by atoms with Crippen molar-refractivity contribution in [3.05, 3.63) is 102 Å². The van der Waals surface area contributed by atoms with Crippen LogP contribution in [0.2, 0.25) is 0 Å². The number of aromatic amines is 1. The number of H-pyrrole nitrogens is 1. The maximum Gasteiger partial charge on any atom is 0.322 e. The Morgan fingerprint density at radius 2 is 1.64 bits per heavy atom. The van der Waals surface area contributed by atoms with Gasteiger partial charge in [0.05, 0.1) is 7.11 Å². The van der Waals surface area contributed by atoms with Gasteiger partial charge in [-0.05, 0) is 29.7 Å². The number of aliphatic carboxylic acids is 1. The van der Waals surface area contributed by atoms with E-state index in [2.05, 4.69) is 10.4 Å². The third-order valence-corrected chi connectivity index (χ3v) is 6.97. The zero-order valence-corrected chi connectivity index (χ0v) is 22.6. The summed E-state index contributed by atoms with van der Waals surface area (Å²) in [6.45, 7) is 2.72. The fourth-order valence-corrected chi connectivity index (χ4v) is 4.90. The quantitative estimate of drug-likeness (QED) is 0.224. The molecule has 0 saturated heterocycles. The smallest absolute Gasteiger partial charge is 0.322 e. The fraction of sp³-hybridized carbons (Fsp3) is 0.290. The third kappa shape index (κ3) is 6.85. The summed E-state index contributed by atoms with van der Waals surface area (Å²) in [4.78, 5) is 31.2. The number of hydrogen-bond donors (Lipinski definition) is 3. The second kappa shape index (κ2) is 13.1. The highest BCUT2D eigenvalue weighted by atomic mass is 16.5. The molecule has 8 heteroatoms. The number of nitrogens with zero attached hydrogens (tertiary/aromatic N) is 2. The van der Waals surface area contributed by atoms with Gasteiger partial charge in [0.1, 0.15) is 17.8 Å². The normalized spacial score (nSPS) is 12.8. The molecule has 1 amide bonds. The van der Waals surface area contributed by atoms with E-state index < -0.39 is 18.1 Å². The molecular weight excluding hydrogens is 492 g/mol. The molecule has 0 aliphatic heterocycles. The molecular formula is C31H36N4O4. The molecule has 1 heterocycles. The van der Waals surface area contributed by atoms with Crippen LogP contribution in [0, 0.1) is 0 Å². The van der Waals surface area contributed by atoms with E-state index in [-0.39, 0.29) is 12.3 Å². The number of likely N-dealkylation sites (N-methyl/N-ethyl adjacent to an activating group) is 2. The summed E-state index contributed by atoms with van der Waals surface area (Å²) >= 11 is 0. The third-order valence-electron chi connectivity index (χ3n) is 6.97. The van der Waals surface area contributed by atoms with E-state index >= 15 is 0 Å². The molecule has 3 aromatic carbocycles. The van der Waals surface area contributed by atoms with Crippen LogP contribution in [0.3, 0.4) is 0 Å². The van der Waals surface area contributed by atoms with Crippen molar-refractivity contribution >= 4 is 22.8 Å². The lowest BCUT2D eigenvalue weighted by molar-refractivity contribution is -0.145. The Kier molecular flexibility index (Phi) is 9.35. The minimum Gasteiger partial charge on any atom is -0.496 e. The number of hydrogen-bond acceptors (Lipinski definition) is 5. The van der Waals surface area contributed by atoms with Crippen molar-refractivity contribution in [3.63, 3.8) is 0 Å². The number of carbonyl (C=O) groups excluding carboxylic acids is 1. The Morgan fingerprint density at radius 1 is 0.949 bits per heavy atom. The zero-order chi connectivity index (χ0) is 27.8. The summed E-state index contributed by atoms with van der Waals surface area (Å²) < 4.78 is 5.48. The molecule has 0 saturated carbocycles. The second-order valence-electron chi connectivity index (χ2n) is 9.58. The Hall–Kier alpha value is -4.14. The Bertz CT molecular complexity index is 1390. The highest BCUT2D eigenvalue weighted by Crippen LogP contribution is 2.22. The lowest BCUT2D eigenvalue weighted by atomic mass is 10.0. The van der Waals surface area contributed by atoms with E-state index in [1.807, 2.05) is 92.0 Å². The number of methoxy groups -OCH3 is 1. The predicted octanol–water partition coefficient (Wildman–Crippen LogP) is 4.27.